The second kappa shape index (κ2) is 6.56. The van der Waals surface area contributed by atoms with Crippen molar-refractivity contribution in [3.05, 3.63) is 28.3 Å². The standard InChI is InChI=1S/C14H21N3O3/c1-3-15-12-5-4-6-13(14(12)17(18)19)16-8-7-11(9-16)10-20-2/h4-6,11,15H,3,7-10H2,1-2H3. The van der Waals surface area contributed by atoms with Crippen molar-refractivity contribution in [3.8, 4) is 0 Å². The molecule has 1 saturated heterocycles. The van der Waals surface area contributed by atoms with Crippen LogP contribution in [0.3, 0.4) is 0 Å². The minimum Gasteiger partial charge on any atom is -0.384 e. The predicted octanol–water partition coefficient (Wildman–Crippen LogP) is 2.50. The fourth-order valence-corrected chi connectivity index (χ4v) is 2.73. The van der Waals surface area contributed by atoms with Gasteiger partial charge in [-0.25, -0.2) is 0 Å². The van der Waals surface area contributed by atoms with Crippen LogP contribution in [-0.4, -0.2) is 38.3 Å². The van der Waals surface area contributed by atoms with E-state index in [2.05, 4.69) is 10.2 Å². The van der Waals surface area contributed by atoms with E-state index in [-0.39, 0.29) is 10.6 Å². The third-order valence-corrected chi connectivity index (χ3v) is 3.59. The fourth-order valence-electron chi connectivity index (χ4n) is 2.73. The number of nitro groups is 1. The Kier molecular flexibility index (Phi) is 4.79. The molecule has 0 saturated carbocycles. The first-order valence-corrected chi connectivity index (χ1v) is 6.92. The first-order chi connectivity index (χ1) is 9.67. The second-order valence-electron chi connectivity index (χ2n) is 5.02. The van der Waals surface area contributed by atoms with E-state index in [1.807, 2.05) is 19.1 Å². The lowest BCUT2D eigenvalue weighted by atomic mass is 10.1. The molecule has 0 amide bonds. The third kappa shape index (κ3) is 3.01. The summed E-state index contributed by atoms with van der Waals surface area (Å²) in [6.07, 6.45) is 1.01. The van der Waals surface area contributed by atoms with Gasteiger partial charge in [-0.15, -0.1) is 0 Å². The highest BCUT2D eigenvalue weighted by Gasteiger charge is 2.29. The average molecular weight is 279 g/mol. The van der Waals surface area contributed by atoms with Gasteiger partial charge in [-0.2, -0.15) is 0 Å². The molecule has 1 aromatic rings. The zero-order chi connectivity index (χ0) is 14.5. The monoisotopic (exact) mass is 279 g/mol. The smallest absolute Gasteiger partial charge is 0.315 e. The number of nitro benzene ring substituents is 1. The van der Waals surface area contributed by atoms with E-state index in [0.29, 0.717) is 30.4 Å². The molecule has 20 heavy (non-hydrogen) atoms. The van der Waals surface area contributed by atoms with E-state index >= 15 is 0 Å². The Morgan fingerprint density at radius 2 is 2.35 bits per heavy atom. The summed E-state index contributed by atoms with van der Waals surface area (Å²) < 4.78 is 5.18. The Morgan fingerprint density at radius 1 is 1.55 bits per heavy atom. The van der Waals surface area contributed by atoms with Gasteiger partial charge in [-0.1, -0.05) is 6.07 Å². The molecule has 0 radical (unpaired) electrons. The van der Waals surface area contributed by atoms with Crippen molar-refractivity contribution in [1.29, 1.82) is 0 Å². The molecule has 1 heterocycles. The summed E-state index contributed by atoms with van der Waals surface area (Å²) in [5.41, 5.74) is 1.46. The topological polar surface area (TPSA) is 67.6 Å². The Hall–Kier alpha value is -1.82. The highest BCUT2D eigenvalue weighted by molar-refractivity contribution is 5.77. The van der Waals surface area contributed by atoms with Gasteiger partial charge in [0, 0.05) is 32.7 Å². The minimum atomic E-state index is -0.295. The lowest BCUT2D eigenvalue weighted by Crippen LogP contribution is -2.22. The molecule has 1 aliphatic rings. The van der Waals surface area contributed by atoms with Crippen LogP contribution in [0, 0.1) is 16.0 Å². The van der Waals surface area contributed by atoms with Crippen molar-refractivity contribution in [2.45, 2.75) is 13.3 Å². The lowest BCUT2D eigenvalue weighted by Gasteiger charge is -2.20. The van der Waals surface area contributed by atoms with Crippen LogP contribution in [0.25, 0.3) is 0 Å². The molecule has 1 N–H and O–H groups in total. The van der Waals surface area contributed by atoms with E-state index in [9.17, 15) is 10.1 Å². The van der Waals surface area contributed by atoms with Crippen LogP contribution >= 0.6 is 0 Å². The quantitative estimate of drug-likeness (QED) is 0.640. The molecule has 2 rings (SSSR count). The van der Waals surface area contributed by atoms with E-state index in [0.717, 1.165) is 19.5 Å². The molecule has 1 atom stereocenters. The Balaban J connectivity index is 2.27. The number of methoxy groups -OCH3 is 1. The molecule has 1 aliphatic heterocycles. The molecule has 6 heteroatoms. The van der Waals surface area contributed by atoms with Gasteiger partial charge < -0.3 is 15.0 Å². The van der Waals surface area contributed by atoms with Gasteiger partial charge in [-0.05, 0) is 25.5 Å². The van der Waals surface area contributed by atoms with Gasteiger partial charge >= 0.3 is 5.69 Å². The summed E-state index contributed by atoms with van der Waals surface area (Å²) in [6.45, 7) is 4.95. The van der Waals surface area contributed by atoms with Crippen molar-refractivity contribution >= 4 is 17.1 Å². The second-order valence-corrected chi connectivity index (χ2v) is 5.02. The lowest BCUT2D eigenvalue weighted by molar-refractivity contribution is -0.383. The van der Waals surface area contributed by atoms with Crippen LogP contribution in [0.1, 0.15) is 13.3 Å². The van der Waals surface area contributed by atoms with Crippen LogP contribution < -0.4 is 10.2 Å². The molecule has 110 valence electrons. The van der Waals surface area contributed by atoms with Crippen molar-refractivity contribution in [2.75, 3.05) is 43.6 Å². The maximum absolute atomic E-state index is 11.4. The highest BCUT2D eigenvalue weighted by atomic mass is 16.6. The molecule has 1 fully saturated rings. The Bertz CT molecular complexity index is 479. The Labute approximate surface area is 118 Å². The molecule has 6 nitrogen and oxygen atoms in total. The van der Waals surface area contributed by atoms with Crippen LogP contribution in [-0.2, 0) is 4.74 Å². The molecule has 1 unspecified atom stereocenters. The first kappa shape index (κ1) is 14.6. The summed E-state index contributed by atoms with van der Waals surface area (Å²) in [4.78, 5) is 13.2. The Morgan fingerprint density at radius 3 is 3.00 bits per heavy atom. The first-order valence-electron chi connectivity index (χ1n) is 6.92. The molecular formula is C14H21N3O3. The average Bonchev–Trinajstić information content (AvgIpc) is 2.87. The van der Waals surface area contributed by atoms with Gasteiger partial charge in [0.1, 0.15) is 11.4 Å². The molecule has 0 aromatic heterocycles. The SMILES string of the molecule is CCNc1cccc(N2CCC(COC)C2)c1[N+](=O)[O-]. The number of nitrogens with one attached hydrogen (secondary N) is 1. The predicted molar refractivity (Wildman–Crippen MR) is 79.5 cm³/mol. The van der Waals surface area contributed by atoms with Crippen LogP contribution in [0.2, 0.25) is 0 Å². The maximum atomic E-state index is 11.4. The number of anilines is 2. The number of nitrogens with zero attached hydrogens (tertiary/aromatic N) is 2. The van der Waals surface area contributed by atoms with Crippen molar-refractivity contribution in [3.63, 3.8) is 0 Å². The van der Waals surface area contributed by atoms with E-state index < -0.39 is 0 Å². The van der Waals surface area contributed by atoms with Crippen LogP contribution in [0.15, 0.2) is 18.2 Å². The molecule has 1 aromatic carbocycles. The van der Waals surface area contributed by atoms with Crippen LogP contribution in [0.4, 0.5) is 17.1 Å². The zero-order valence-electron chi connectivity index (χ0n) is 12.0. The fraction of sp³-hybridized carbons (Fsp3) is 0.571. The van der Waals surface area contributed by atoms with E-state index in [4.69, 9.17) is 4.74 Å². The number of benzene rings is 1. The molecule has 0 bridgehead atoms. The summed E-state index contributed by atoms with van der Waals surface area (Å²) in [7, 11) is 1.69. The third-order valence-electron chi connectivity index (χ3n) is 3.59. The largest absolute Gasteiger partial charge is 0.384 e. The van der Waals surface area contributed by atoms with E-state index in [1.165, 1.54) is 0 Å². The van der Waals surface area contributed by atoms with Crippen molar-refractivity contribution < 1.29 is 9.66 Å². The van der Waals surface area contributed by atoms with E-state index in [1.54, 1.807) is 13.2 Å². The zero-order valence-corrected chi connectivity index (χ0v) is 12.0. The summed E-state index contributed by atoms with van der Waals surface area (Å²) in [5.74, 6) is 0.447. The van der Waals surface area contributed by atoms with Gasteiger partial charge in [0.25, 0.3) is 0 Å². The van der Waals surface area contributed by atoms with Gasteiger partial charge in [0.05, 0.1) is 11.5 Å². The van der Waals surface area contributed by atoms with Crippen molar-refractivity contribution in [2.24, 2.45) is 5.92 Å². The van der Waals surface area contributed by atoms with Gasteiger partial charge in [0.15, 0.2) is 0 Å². The molecular weight excluding hydrogens is 258 g/mol. The highest BCUT2D eigenvalue weighted by Crippen LogP contribution is 2.37. The van der Waals surface area contributed by atoms with Crippen molar-refractivity contribution in [1.82, 2.24) is 0 Å². The minimum absolute atomic E-state index is 0.174. The number of para-hydroxylation sites is 1. The normalized spacial score (nSPS) is 18.3. The number of hydrogen-bond donors (Lipinski definition) is 1. The van der Waals surface area contributed by atoms with Crippen LogP contribution in [0.5, 0.6) is 0 Å². The van der Waals surface area contributed by atoms with Gasteiger partial charge in [-0.3, -0.25) is 10.1 Å². The molecule has 0 aliphatic carbocycles. The van der Waals surface area contributed by atoms with Gasteiger partial charge in [0.2, 0.25) is 0 Å². The molecule has 0 spiro atoms. The number of ether oxygens (including phenoxy) is 1. The maximum Gasteiger partial charge on any atom is 0.315 e. The number of hydrogen-bond acceptors (Lipinski definition) is 5. The summed E-state index contributed by atoms with van der Waals surface area (Å²) in [6, 6.07) is 5.45. The summed E-state index contributed by atoms with van der Waals surface area (Å²) >= 11 is 0. The number of rotatable bonds is 6. The summed E-state index contributed by atoms with van der Waals surface area (Å²) in [5, 5.41) is 14.5.